The van der Waals surface area contributed by atoms with E-state index in [1.165, 1.54) is 70.6 Å². The van der Waals surface area contributed by atoms with Crippen LogP contribution in [0.2, 0.25) is 0 Å². The standard InChI is InChI=1S/C32H44N2O3/c1-3-4-5-6-7-8-9-10-11-12-13-16-24-33-28-20-17-18-26-25(28)22-23-27(31(26)35)32(36)34-29-19-14-15-21-30(29)37-2/h14-15,17-23,33,35H,3-13,16,24H2,1-2H3,(H,34,36). The maximum Gasteiger partial charge on any atom is 0.259 e. The number of aromatic hydroxyl groups is 1. The van der Waals surface area contributed by atoms with Gasteiger partial charge in [-0.2, -0.15) is 0 Å². The Hall–Kier alpha value is -3.21. The molecule has 0 fully saturated rings. The molecule has 3 aromatic rings. The lowest BCUT2D eigenvalue weighted by Gasteiger charge is -2.14. The first-order valence-corrected chi connectivity index (χ1v) is 14.1. The highest BCUT2D eigenvalue weighted by Gasteiger charge is 2.16. The van der Waals surface area contributed by atoms with Crippen molar-refractivity contribution in [2.75, 3.05) is 24.3 Å². The van der Waals surface area contributed by atoms with Crippen LogP contribution in [0, 0.1) is 0 Å². The molecule has 200 valence electrons. The quantitative estimate of drug-likeness (QED) is 0.160. The summed E-state index contributed by atoms with van der Waals surface area (Å²) in [6.45, 7) is 3.17. The third-order valence-electron chi connectivity index (χ3n) is 6.98. The molecule has 3 N–H and O–H groups in total. The largest absolute Gasteiger partial charge is 0.506 e. The van der Waals surface area contributed by atoms with E-state index in [-0.39, 0.29) is 17.2 Å². The number of unbranched alkanes of at least 4 members (excludes halogenated alkanes) is 11. The van der Waals surface area contributed by atoms with Crippen LogP contribution < -0.4 is 15.4 Å². The van der Waals surface area contributed by atoms with Gasteiger partial charge in [-0.15, -0.1) is 0 Å². The number of phenolic OH excluding ortho intramolecular Hbond substituents is 1. The third-order valence-corrected chi connectivity index (χ3v) is 6.98. The fraction of sp³-hybridized carbons (Fsp3) is 0.469. The van der Waals surface area contributed by atoms with Crippen LogP contribution >= 0.6 is 0 Å². The predicted octanol–water partition coefficient (Wildman–Crippen LogP) is 8.92. The molecule has 0 atom stereocenters. The van der Waals surface area contributed by atoms with Crippen molar-refractivity contribution < 1.29 is 14.6 Å². The zero-order chi connectivity index (χ0) is 26.3. The number of ether oxygens (including phenoxy) is 1. The molecule has 0 aliphatic carbocycles. The number of para-hydroxylation sites is 2. The second-order valence-electron chi connectivity index (χ2n) is 9.83. The van der Waals surface area contributed by atoms with Crippen molar-refractivity contribution >= 4 is 28.1 Å². The van der Waals surface area contributed by atoms with Gasteiger partial charge in [0.2, 0.25) is 0 Å². The predicted molar refractivity (Wildman–Crippen MR) is 156 cm³/mol. The van der Waals surface area contributed by atoms with Crippen molar-refractivity contribution in [3.63, 3.8) is 0 Å². The van der Waals surface area contributed by atoms with Gasteiger partial charge in [0.1, 0.15) is 11.5 Å². The molecular weight excluding hydrogens is 460 g/mol. The molecule has 0 spiro atoms. The van der Waals surface area contributed by atoms with E-state index in [1.54, 1.807) is 25.3 Å². The minimum absolute atomic E-state index is 0.0149. The molecule has 3 rings (SSSR count). The number of amides is 1. The molecule has 1 amide bonds. The van der Waals surface area contributed by atoms with Gasteiger partial charge < -0.3 is 20.5 Å². The molecule has 0 bridgehead atoms. The van der Waals surface area contributed by atoms with Gasteiger partial charge in [-0.05, 0) is 30.7 Å². The van der Waals surface area contributed by atoms with E-state index >= 15 is 0 Å². The van der Waals surface area contributed by atoms with Crippen LogP contribution in [0.3, 0.4) is 0 Å². The molecular formula is C32H44N2O3. The van der Waals surface area contributed by atoms with Crippen molar-refractivity contribution in [1.82, 2.24) is 0 Å². The number of hydrogen-bond acceptors (Lipinski definition) is 4. The first kappa shape index (κ1) is 28.4. The summed E-state index contributed by atoms with van der Waals surface area (Å²) in [6, 6.07) is 16.6. The Morgan fingerprint density at radius 3 is 2.03 bits per heavy atom. The molecule has 0 heterocycles. The number of methoxy groups -OCH3 is 1. The molecule has 5 nitrogen and oxygen atoms in total. The van der Waals surface area contributed by atoms with Crippen molar-refractivity contribution in [2.24, 2.45) is 0 Å². The maximum atomic E-state index is 12.9. The van der Waals surface area contributed by atoms with Gasteiger partial charge in [-0.3, -0.25) is 4.79 Å². The molecule has 0 aliphatic rings. The molecule has 0 aromatic heterocycles. The zero-order valence-electron chi connectivity index (χ0n) is 22.7. The van der Waals surface area contributed by atoms with Crippen LogP contribution in [0.15, 0.2) is 54.6 Å². The van der Waals surface area contributed by atoms with E-state index in [1.807, 2.05) is 36.4 Å². The lowest BCUT2D eigenvalue weighted by molar-refractivity contribution is 0.102. The van der Waals surface area contributed by atoms with Crippen molar-refractivity contribution in [3.8, 4) is 11.5 Å². The Morgan fingerprint density at radius 2 is 1.35 bits per heavy atom. The number of benzene rings is 3. The lowest BCUT2D eigenvalue weighted by Crippen LogP contribution is -2.13. The Labute approximate surface area is 222 Å². The monoisotopic (exact) mass is 504 g/mol. The summed E-state index contributed by atoms with van der Waals surface area (Å²) in [5, 5.41) is 18.8. The number of carbonyl (C=O) groups is 1. The fourth-order valence-corrected chi connectivity index (χ4v) is 4.81. The van der Waals surface area contributed by atoms with Crippen LogP contribution in [0.25, 0.3) is 10.8 Å². The average Bonchev–Trinajstić information content (AvgIpc) is 2.92. The fourth-order valence-electron chi connectivity index (χ4n) is 4.81. The van der Waals surface area contributed by atoms with Gasteiger partial charge in [0.15, 0.2) is 0 Å². The number of anilines is 2. The number of phenols is 1. The normalized spacial score (nSPS) is 11.0. The molecule has 5 heteroatoms. The van der Waals surface area contributed by atoms with Crippen LogP contribution in [0.4, 0.5) is 11.4 Å². The van der Waals surface area contributed by atoms with Gasteiger partial charge in [0.05, 0.1) is 18.4 Å². The number of rotatable bonds is 17. The van der Waals surface area contributed by atoms with Gasteiger partial charge in [-0.25, -0.2) is 0 Å². The SMILES string of the molecule is CCCCCCCCCCCCCCNc1cccc2c(O)c(C(=O)Nc3ccccc3OC)ccc12. The second-order valence-corrected chi connectivity index (χ2v) is 9.83. The molecule has 3 aromatic carbocycles. The Morgan fingerprint density at radius 1 is 0.730 bits per heavy atom. The van der Waals surface area contributed by atoms with Crippen LogP contribution in [-0.2, 0) is 0 Å². The molecule has 37 heavy (non-hydrogen) atoms. The third kappa shape index (κ3) is 8.70. The van der Waals surface area contributed by atoms with E-state index in [9.17, 15) is 9.90 Å². The van der Waals surface area contributed by atoms with E-state index in [4.69, 9.17) is 4.74 Å². The molecule has 0 unspecified atom stereocenters. The van der Waals surface area contributed by atoms with Gasteiger partial charge in [-0.1, -0.05) is 108 Å². The summed E-state index contributed by atoms with van der Waals surface area (Å²) in [5.74, 6) is 0.179. The summed E-state index contributed by atoms with van der Waals surface area (Å²) in [4.78, 5) is 12.9. The van der Waals surface area contributed by atoms with Gasteiger partial charge in [0, 0.05) is 23.0 Å². The summed E-state index contributed by atoms with van der Waals surface area (Å²) in [7, 11) is 1.56. The Balaban J connectivity index is 1.45. The van der Waals surface area contributed by atoms with Crippen LogP contribution in [0.1, 0.15) is 94.3 Å². The van der Waals surface area contributed by atoms with E-state index in [2.05, 4.69) is 17.6 Å². The number of carbonyl (C=O) groups excluding carboxylic acids is 1. The van der Waals surface area contributed by atoms with Crippen molar-refractivity contribution in [1.29, 1.82) is 0 Å². The van der Waals surface area contributed by atoms with E-state index in [0.29, 0.717) is 16.8 Å². The molecule has 0 saturated carbocycles. The van der Waals surface area contributed by atoms with Crippen LogP contribution in [0.5, 0.6) is 11.5 Å². The number of hydrogen-bond donors (Lipinski definition) is 3. The maximum absolute atomic E-state index is 12.9. The smallest absolute Gasteiger partial charge is 0.259 e. The highest BCUT2D eigenvalue weighted by Crippen LogP contribution is 2.34. The van der Waals surface area contributed by atoms with Gasteiger partial charge in [0.25, 0.3) is 5.91 Å². The number of fused-ring (bicyclic) bond motifs is 1. The van der Waals surface area contributed by atoms with Crippen molar-refractivity contribution in [3.05, 3.63) is 60.2 Å². The minimum Gasteiger partial charge on any atom is -0.506 e. The lowest BCUT2D eigenvalue weighted by atomic mass is 10.0. The van der Waals surface area contributed by atoms with Gasteiger partial charge >= 0.3 is 0 Å². The Kier molecular flexibility index (Phi) is 12.1. The zero-order valence-corrected chi connectivity index (χ0v) is 22.7. The first-order valence-electron chi connectivity index (χ1n) is 14.1. The topological polar surface area (TPSA) is 70.6 Å². The minimum atomic E-state index is -0.376. The molecule has 0 radical (unpaired) electrons. The molecule has 0 aliphatic heterocycles. The highest BCUT2D eigenvalue weighted by molar-refractivity contribution is 6.11. The Bertz CT molecular complexity index is 1110. The van der Waals surface area contributed by atoms with E-state index in [0.717, 1.165) is 24.0 Å². The first-order chi connectivity index (χ1) is 18.2. The summed E-state index contributed by atoms with van der Waals surface area (Å²) in [5.41, 5.74) is 1.77. The summed E-state index contributed by atoms with van der Waals surface area (Å²) in [6.07, 6.45) is 16.0. The van der Waals surface area contributed by atoms with E-state index < -0.39 is 0 Å². The molecule has 0 saturated heterocycles. The van der Waals surface area contributed by atoms with Crippen LogP contribution in [-0.4, -0.2) is 24.7 Å². The summed E-state index contributed by atoms with van der Waals surface area (Å²) < 4.78 is 5.31. The second kappa shape index (κ2) is 15.8. The highest BCUT2D eigenvalue weighted by atomic mass is 16.5. The average molecular weight is 505 g/mol. The van der Waals surface area contributed by atoms with Crippen molar-refractivity contribution in [2.45, 2.75) is 84.0 Å². The number of nitrogens with one attached hydrogen (secondary N) is 2. The summed E-state index contributed by atoms with van der Waals surface area (Å²) >= 11 is 0.